The van der Waals surface area contributed by atoms with Crippen LogP contribution in [-0.4, -0.2) is 14.9 Å². The molecule has 0 bridgehead atoms. The third-order valence-electron chi connectivity index (χ3n) is 2.08. The molecule has 2 aromatic rings. The highest BCUT2D eigenvalue weighted by Crippen LogP contribution is 2.26. The van der Waals surface area contributed by atoms with E-state index in [-0.39, 0.29) is 5.69 Å². The van der Waals surface area contributed by atoms with Crippen molar-refractivity contribution in [2.75, 3.05) is 0 Å². The minimum absolute atomic E-state index is 0.00926. The summed E-state index contributed by atoms with van der Waals surface area (Å²) in [5.41, 5.74) is 0.430. The van der Waals surface area contributed by atoms with E-state index in [2.05, 4.69) is 5.10 Å². The summed E-state index contributed by atoms with van der Waals surface area (Å²) >= 11 is 0. The van der Waals surface area contributed by atoms with E-state index in [9.17, 15) is 13.9 Å². The van der Waals surface area contributed by atoms with E-state index in [0.29, 0.717) is 5.56 Å². The highest BCUT2D eigenvalue weighted by Gasteiger charge is 2.16. The van der Waals surface area contributed by atoms with Crippen LogP contribution < -0.4 is 0 Å². The van der Waals surface area contributed by atoms with Gasteiger partial charge in [-0.25, -0.2) is 9.07 Å². The first kappa shape index (κ1) is 9.64. The molecule has 0 aliphatic heterocycles. The Hall–Kier alpha value is -1.91. The van der Waals surface area contributed by atoms with Gasteiger partial charge in [0.25, 0.3) is 0 Å². The van der Waals surface area contributed by atoms with Gasteiger partial charge in [-0.05, 0) is 24.3 Å². The van der Waals surface area contributed by atoms with Gasteiger partial charge >= 0.3 is 0 Å². The lowest BCUT2D eigenvalue weighted by molar-refractivity contribution is 0.390. The quantitative estimate of drug-likeness (QED) is 0.782. The van der Waals surface area contributed by atoms with Gasteiger partial charge in [0, 0.05) is 12.6 Å². The van der Waals surface area contributed by atoms with Crippen LogP contribution in [0.25, 0.3) is 11.3 Å². The summed E-state index contributed by atoms with van der Waals surface area (Å²) in [4.78, 5) is 0. The number of aromatic hydroxyl groups is 1. The maximum atomic E-state index is 13.4. The number of aryl methyl sites for hydroxylation is 1. The van der Waals surface area contributed by atoms with E-state index < -0.39 is 17.5 Å². The van der Waals surface area contributed by atoms with Gasteiger partial charge < -0.3 is 5.11 Å². The zero-order valence-corrected chi connectivity index (χ0v) is 7.91. The molecule has 78 valence electrons. The average Bonchev–Trinajstić information content (AvgIpc) is 2.47. The molecule has 2 rings (SSSR count). The zero-order valence-electron chi connectivity index (χ0n) is 7.91. The Balaban J connectivity index is 2.54. The lowest BCUT2D eigenvalue weighted by Crippen LogP contribution is -1.89. The second-order valence-corrected chi connectivity index (χ2v) is 3.12. The Kier molecular flexibility index (Phi) is 2.15. The van der Waals surface area contributed by atoms with Crippen molar-refractivity contribution in [3.8, 4) is 17.1 Å². The molecule has 0 unspecified atom stereocenters. The fourth-order valence-corrected chi connectivity index (χ4v) is 1.28. The maximum Gasteiger partial charge on any atom is 0.246 e. The van der Waals surface area contributed by atoms with Crippen LogP contribution in [0.5, 0.6) is 5.88 Å². The van der Waals surface area contributed by atoms with E-state index >= 15 is 0 Å². The molecule has 1 N–H and O–H groups in total. The number of rotatable bonds is 1. The second-order valence-electron chi connectivity index (χ2n) is 3.12. The Morgan fingerprint density at radius 3 is 2.27 bits per heavy atom. The van der Waals surface area contributed by atoms with Crippen molar-refractivity contribution in [2.24, 2.45) is 7.05 Å². The molecule has 0 aliphatic rings. The van der Waals surface area contributed by atoms with Crippen LogP contribution >= 0.6 is 0 Å². The molecule has 3 nitrogen and oxygen atoms in total. The highest BCUT2D eigenvalue weighted by atomic mass is 19.1. The molecule has 0 saturated carbocycles. The van der Waals surface area contributed by atoms with Gasteiger partial charge in [0.05, 0.1) is 0 Å². The first-order valence-corrected chi connectivity index (χ1v) is 4.27. The minimum Gasteiger partial charge on any atom is -0.491 e. The average molecular weight is 210 g/mol. The molecular weight excluding hydrogens is 202 g/mol. The normalized spacial score (nSPS) is 10.6. The van der Waals surface area contributed by atoms with Crippen molar-refractivity contribution in [1.82, 2.24) is 9.78 Å². The van der Waals surface area contributed by atoms with E-state index in [0.717, 1.165) is 4.68 Å². The molecule has 5 heteroatoms. The van der Waals surface area contributed by atoms with Gasteiger partial charge in [-0.2, -0.15) is 9.49 Å². The van der Waals surface area contributed by atoms with Crippen molar-refractivity contribution in [1.29, 1.82) is 0 Å². The van der Waals surface area contributed by atoms with Gasteiger partial charge in [0.15, 0.2) is 0 Å². The van der Waals surface area contributed by atoms with Crippen LogP contribution in [0, 0.1) is 11.6 Å². The number of halogens is 2. The van der Waals surface area contributed by atoms with Crippen molar-refractivity contribution >= 4 is 0 Å². The van der Waals surface area contributed by atoms with Crippen LogP contribution in [0.3, 0.4) is 0 Å². The lowest BCUT2D eigenvalue weighted by atomic mass is 10.1. The predicted molar refractivity (Wildman–Crippen MR) is 50.2 cm³/mol. The monoisotopic (exact) mass is 210 g/mol. The molecule has 1 aromatic heterocycles. The Morgan fingerprint density at radius 2 is 1.80 bits per heavy atom. The maximum absolute atomic E-state index is 13.4. The van der Waals surface area contributed by atoms with Crippen LogP contribution in [0.15, 0.2) is 24.3 Å². The van der Waals surface area contributed by atoms with Crippen LogP contribution in [0.4, 0.5) is 8.78 Å². The second kappa shape index (κ2) is 3.34. The topological polar surface area (TPSA) is 38.0 Å². The third kappa shape index (κ3) is 1.56. The SMILES string of the molecule is Cn1nc(-c2ccc(F)cc2)c(F)c1O. The van der Waals surface area contributed by atoms with Gasteiger partial charge in [-0.3, -0.25) is 0 Å². The molecule has 0 fully saturated rings. The first-order chi connectivity index (χ1) is 7.09. The molecule has 0 radical (unpaired) electrons. The van der Waals surface area contributed by atoms with Crippen molar-refractivity contribution in [3.05, 3.63) is 35.9 Å². The number of nitrogens with zero attached hydrogens (tertiary/aromatic N) is 2. The van der Waals surface area contributed by atoms with E-state index in [4.69, 9.17) is 0 Å². The number of benzene rings is 1. The van der Waals surface area contributed by atoms with Gasteiger partial charge in [0.1, 0.15) is 11.5 Å². The van der Waals surface area contributed by atoms with Crippen molar-refractivity contribution < 1.29 is 13.9 Å². The molecular formula is C10H8F2N2O. The Bertz CT molecular complexity index is 491. The van der Waals surface area contributed by atoms with Crippen molar-refractivity contribution in [2.45, 2.75) is 0 Å². The van der Waals surface area contributed by atoms with Crippen molar-refractivity contribution in [3.63, 3.8) is 0 Å². The fraction of sp³-hybridized carbons (Fsp3) is 0.100. The summed E-state index contributed by atoms with van der Waals surface area (Å²) in [6.07, 6.45) is 0. The third-order valence-corrected chi connectivity index (χ3v) is 2.08. The first-order valence-electron chi connectivity index (χ1n) is 4.27. The molecule has 0 spiro atoms. The molecule has 1 aromatic carbocycles. The van der Waals surface area contributed by atoms with Crippen LogP contribution in [-0.2, 0) is 7.05 Å². The van der Waals surface area contributed by atoms with Gasteiger partial charge in [0.2, 0.25) is 11.7 Å². The molecule has 0 saturated heterocycles. The smallest absolute Gasteiger partial charge is 0.246 e. The molecule has 1 heterocycles. The van der Waals surface area contributed by atoms with Crippen LogP contribution in [0.1, 0.15) is 0 Å². The summed E-state index contributed by atoms with van der Waals surface area (Å²) < 4.78 is 27.0. The number of aromatic nitrogens is 2. The standard InChI is InChI=1S/C10H8F2N2O/c1-14-10(15)8(12)9(13-14)6-2-4-7(11)5-3-6/h2-5,15H,1H3. The zero-order chi connectivity index (χ0) is 11.0. The summed E-state index contributed by atoms with van der Waals surface area (Å²) in [5, 5.41) is 13.0. The predicted octanol–water partition coefficient (Wildman–Crippen LogP) is 2.07. The van der Waals surface area contributed by atoms with E-state index in [1.54, 1.807) is 0 Å². The molecule has 15 heavy (non-hydrogen) atoms. The minimum atomic E-state index is -0.802. The Labute approximate surface area is 84.6 Å². The van der Waals surface area contributed by atoms with Gasteiger partial charge in [-0.1, -0.05) is 0 Å². The van der Waals surface area contributed by atoms with E-state index in [1.807, 2.05) is 0 Å². The summed E-state index contributed by atoms with van der Waals surface area (Å²) in [6, 6.07) is 5.22. The Morgan fingerprint density at radius 1 is 1.20 bits per heavy atom. The summed E-state index contributed by atoms with van der Waals surface area (Å²) in [7, 11) is 1.42. The number of hydrogen-bond acceptors (Lipinski definition) is 2. The van der Waals surface area contributed by atoms with Gasteiger partial charge in [-0.15, -0.1) is 0 Å². The molecule has 0 amide bonds. The highest BCUT2D eigenvalue weighted by molar-refractivity contribution is 5.60. The van der Waals surface area contributed by atoms with E-state index in [1.165, 1.54) is 31.3 Å². The molecule has 0 atom stereocenters. The lowest BCUT2D eigenvalue weighted by Gasteiger charge is -1.95. The summed E-state index contributed by atoms with van der Waals surface area (Å²) in [5.74, 6) is -1.74. The largest absolute Gasteiger partial charge is 0.491 e. The fourth-order valence-electron chi connectivity index (χ4n) is 1.28. The van der Waals surface area contributed by atoms with Crippen LogP contribution in [0.2, 0.25) is 0 Å². The molecule has 0 aliphatic carbocycles. The number of hydrogen-bond donors (Lipinski definition) is 1. The summed E-state index contributed by atoms with van der Waals surface area (Å²) in [6.45, 7) is 0.